The van der Waals surface area contributed by atoms with Crippen molar-refractivity contribution in [2.24, 2.45) is 11.8 Å². The van der Waals surface area contributed by atoms with Gasteiger partial charge >= 0.3 is 0 Å². The Morgan fingerprint density at radius 2 is 2.16 bits per heavy atom. The molecule has 3 unspecified atom stereocenters. The van der Waals surface area contributed by atoms with Crippen LogP contribution in [0.25, 0.3) is 0 Å². The van der Waals surface area contributed by atoms with E-state index in [1.807, 2.05) is 0 Å². The Morgan fingerprint density at radius 3 is 2.74 bits per heavy atom. The molecule has 0 aromatic carbocycles. The van der Waals surface area contributed by atoms with Crippen molar-refractivity contribution in [3.8, 4) is 0 Å². The van der Waals surface area contributed by atoms with Crippen molar-refractivity contribution in [2.75, 3.05) is 13.1 Å². The number of carbonyl (C=O) groups excluding carboxylic acids is 1. The summed E-state index contributed by atoms with van der Waals surface area (Å²) in [6, 6.07) is 0.329. The molecule has 3 nitrogen and oxygen atoms in total. The lowest BCUT2D eigenvalue weighted by Gasteiger charge is -2.30. The largest absolute Gasteiger partial charge is 0.352 e. The number of halogens is 1. The minimum atomic E-state index is 0. The van der Waals surface area contributed by atoms with E-state index in [4.69, 9.17) is 0 Å². The molecule has 0 aromatic rings. The summed E-state index contributed by atoms with van der Waals surface area (Å²) in [6.45, 7) is 8.65. The molecule has 0 spiro atoms. The standard InChI is InChI=1S/C15H30N2O.ClH/c1-4-6-7-13(5-2)10-15(18)17-14-11-16-9-8-12(14)3;/h12-14,16H,4-11H2,1-3H3,(H,17,18);1H. The summed E-state index contributed by atoms with van der Waals surface area (Å²) in [5, 5.41) is 6.57. The van der Waals surface area contributed by atoms with E-state index in [0.717, 1.165) is 25.9 Å². The van der Waals surface area contributed by atoms with Crippen LogP contribution < -0.4 is 10.6 Å². The van der Waals surface area contributed by atoms with Crippen molar-refractivity contribution in [1.29, 1.82) is 0 Å². The third-order valence-corrected chi connectivity index (χ3v) is 4.19. The molecule has 0 bridgehead atoms. The molecule has 3 atom stereocenters. The summed E-state index contributed by atoms with van der Waals surface area (Å²) in [5.41, 5.74) is 0. The molecule has 1 aliphatic heterocycles. The number of rotatable bonds is 7. The molecule has 1 fully saturated rings. The topological polar surface area (TPSA) is 41.1 Å². The Hall–Kier alpha value is -0.280. The second-order valence-electron chi connectivity index (χ2n) is 5.76. The molecular weight excluding hydrogens is 260 g/mol. The number of unbranched alkanes of at least 4 members (excludes halogenated alkanes) is 1. The highest BCUT2D eigenvalue weighted by Gasteiger charge is 2.23. The number of hydrogen-bond acceptors (Lipinski definition) is 2. The zero-order chi connectivity index (χ0) is 13.4. The highest BCUT2D eigenvalue weighted by molar-refractivity contribution is 5.85. The normalized spacial score (nSPS) is 24.4. The smallest absolute Gasteiger partial charge is 0.220 e. The molecule has 0 radical (unpaired) electrons. The minimum Gasteiger partial charge on any atom is -0.352 e. The van der Waals surface area contributed by atoms with Crippen LogP contribution in [0.4, 0.5) is 0 Å². The van der Waals surface area contributed by atoms with E-state index in [-0.39, 0.29) is 18.3 Å². The van der Waals surface area contributed by atoms with Gasteiger partial charge in [-0.05, 0) is 31.2 Å². The first-order valence-corrected chi connectivity index (χ1v) is 7.67. The van der Waals surface area contributed by atoms with E-state index in [9.17, 15) is 4.79 Å². The predicted octanol–water partition coefficient (Wildman–Crippen LogP) is 3.13. The van der Waals surface area contributed by atoms with Gasteiger partial charge in [-0.15, -0.1) is 12.4 Å². The lowest BCUT2D eigenvalue weighted by atomic mass is 9.93. The van der Waals surface area contributed by atoms with Gasteiger partial charge in [0.25, 0.3) is 0 Å². The van der Waals surface area contributed by atoms with Crippen LogP contribution >= 0.6 is 12.4 Å². The van der Waals surface area contributed by atoms with Crippen LogP contribution in [-0.2, 0) is 4.79 Å². The Bertz CT molecular complexity index is 248. The fourth-order valence-corrected chi connectivity index (χ4v) is 2.65. The van der Waals surface area contributed by atoms with E-state index in [0.29, 0.717) is 24.3 Å². The minimum absolute atomic E-state index is 0. The van der Waals surface area contributed by atoms with Crippen LogP contribution in [0.2, 0.25) is 0 Å². The molecule has 1 heterocycles. The van der Waals surface area contributed by atoms with Crippen LogP contribution in [0.1, 0.15) is 59.3 Å². The number of amides is 1. The van der Waals surface area contributed by atoms with Crippen LogP contribution in [0.15, 0.2) is 0 Å². The predicted molar refractivity (Wildman–Crippen MR) is 83.8 cm³/mol. The molecule has 1 aliphatic rings. The first kappa shape index (κ1) is 18.7. The molecule has 0 aliphatic carbocycles. The second kappa shape index (κ2) is 10.5. The number of carbonyl (C=O) groups is 1. The van der Waals surface area contributed by atoms with Gasteiger partial charge in [0.15, 0.2) is 0 Å². The summed E-state index contributed by atoms with van der Waals surface area (Å²) in [6.07, 6.45) is 6.65. The van der Waals surface area contributed by atoms with Gasteiger partial charge < -0.3 is 10.6 Å². The number of hydrogen-bond donors (Lipinski definition) is 2. The van der Waals surface area contributed by atoms with Gasteiger partial charge in [-0.3, -0.25) is 4.79 Å². The third-order valence-electron chi connectivity index (χ3n) is 4.19. The van der Waals surface area contributed by atoms with Crippen molar-refractivity contribution in [1.82, 2.24) is 10.6 Å². The molecule has 1 rings (SSSR count). The first-order valence-electron chi connectivity index (χ1n) is 7.67. The summed E-state index contributed by atoms with van der Waals surface area (Å²) in [5.74, 6) is 1.42. The zero-order valence-corrected chi connectivity index (χ0v) is 13.5. The van der Waals surface area contributed by atoms with Crippen molar-refractivity contribution < 1.29 is 4.79 Å². The molecule has 0 aromatic heterocycles. The van der Waals surface area contributed by atoms with E-state index < -0.39 is 0 Å². The maximum Gasteiger partial charge on any atom is 0.220 e. The third kappa shape index (κ3) is 7.17. The van der Waals surface area contributed by atoms with E-state index in [1.54, 1.807) is 0 Å². The van der Waals surface area contributed by atoms with E-state index >= 15 is 0 Å². The van der Waals surface area contributed by atoms with Gasteiger partial charge in [-0.2, -0.15) is 0 Å². The lowest BCUT2D eigenvalue weighted by Crippen LogP contribution is -2.50. The van der Waals surface area contributed by atoms with Crippen LogP contribution in [-0.4, -0.2) is 25.0 Å². The second-order valence-corrected chi connectivity index (χ2v) is 5.76. The molecular formula is C15H31ClN2O. The Kier molecular flexibility index (Phi) is 10.3. The maximum absolute atomic E-state index is 12.1. The quantitative estimate of drug-likeness (QED) is 0.756. The fourth-order valence-electron chi connectivity index (χ4n) is 2.65. The Balaban J connectivity index is 0.00000324. The fraction of sp³-hybridized carbons (Fsp3) is 0.933. The molecule has 1 saturated heterocycles. The Morgan fingerprint density at radius 1 is 1.42 bits per heavy atom. The van der Waals surface area contributed by atoms with Gasteiger partial charge in [0.05, 0.1) is 0 Å². The molecule has 19 heavy (non-hydrogen) atoms. The van der Waals surface area contributed by atoms with Gasteiger partial charge in [0, 0.05) is 19.0 Å². The summed E-state index contributed by atoms with van der Waals surface area (Å²) >= 11 is 0. The lowest BCUT2D eigenvalue weighted by molar-refractivity contribution is -0.123. The van der Waals surface area contributed by atoms with Gasteiger partial charge in [-0.1, -0.05) is 40.0 Å². The molecule has 0 saturated carbocycles. The van der Waals surface area contributed by atoms with Crippen LogP contribution in [0, 0.1) is 11.8 Å². The van der Waals surface area contributed by atoms with Gasteiger partial charge in [0.1, 0.15) is 0 Å². The summed E-state index contributed by atoms with van der Waals surface area (Å²) in [4.78, 5) is 12.1. The van der Waals surface area contributed by atoms with Crippen LogP contribution in [0.3, 0.4) is 0 Å². The van der Waals surface area contributed by atoms with E-state index in [2.05, 4.69) is 31.4 Å². The van der Waals surface area contributed by atoms with Gasteiger partial charge in [0.2, 0.25) is 5.91 Å². The monoisotopic (exact) mass is 290 g/mol. The average molecular weight is 291 g/mol. The average Bonchev–Trinajstić information content (AvgIpc) is 2.37. The van der Waals surface area contributed by atoms with Crippen LogP contribution in [0.5, 0.6) is 0 Å². The summed E-state index contributed by atoms with van der Waals surface area (Å²) in [7, 11) is 0. The number of piperidine rings is 1. The van der Waals surface area contributed by atoms with Crippen molar-refractivity contribution in [3.05, 3.63) is 0 Å². The maximum atomic E-state index is 12.1. The molecule has 1 amide bonds. The van der Waals surface area contributed by atoms with Gasteiger partial charge in [-0.25, -0.2) is 0 Å². The molecule has 2 N–H and O–H groups in total. The first-order chi connectivity index (χ1) is 8.67. The summed E-state index contributed by atoms with van der Waals surface area (Å²) < 4.78 is 0. The highest BCUT2D eigenvalue weighted by Crippen LogP contribution is 2.17. The van der Waals surface area contributed by atoms with Crippen molar-refractivity contribution in [3.63, 3.8) is 0 Å². The SMILES string of the molecule is CCCCC(CC)CC(=O)NC1CNCCC1C.Cl. The number of nitrogens with one attached hydrogen (secondary N) is 2. The molecule has 4 heteroatoms. The Labute approximate surface area is 124 Å². The van der Waals surface area contributed by atoms with Crippen molar-refractivity contribution in [2.45, 2.75) is 65.3 Å². The zero-order valence-electron chi connectivity index (χ0n) is 12.7. The highest BCUT2D eigenvalue weighted by atomic mass is 35.5. The molecule has 114 valence electrons. The van der Waals surface area contributed by atoms with E-state index in [1.165, 1.54) is 19.3 Å². The van der Waals surface area contributed by atoms with Crippen molar-refractivity contribution >= 4 is 18.3 Å².